The molecule has 0 bridgehead atoms. The van der Waals surface area contributed by atoms with Crippen LogP contribution in [0, 0.1) is 0 Å². The average molecular weight is 535 g/mol. The van der Waals surface area contributed by atoms with Crippen LogP contribution in [0.4, 0.5) is 4.79 Å². The highest BCUT2D eigenvalue weighted by atomic mass is 28.4. The minimum absolute atomic E-state index is 0.162. The molecule has 0 aliphatic carbocycles. The smallest absolute Gasteiger partial charge is 0.411 e. The number of ketones is 1. The van der Waals surface area contributed by atoms with E-state index >= 15 is 0 Å². The standard InChI is InChI=1S/C29H38N4O4Si/c1-7-25(29(6)26(22(2)34)33(27(35)36-29)21-15-14-20-31-32-30)37-38(28(3,4)5,23-16-10-8-11-17-23)24-18-12-9-13-19-24/h8-19,25-26H,7,20-21H2,1-6H3/b15-14+/t25-,26-,29-/m1/s1. The number of benzene rings is 2. The van der Waals surface area contributed by atoms with Crippen LogP contribution in [-0.2, 0) is 14.0 Å². The molecule has 8 nitrogen and oxygen atoms in total. The van der Waals surface area contributed by atoms with Gasteiger partial charge in [-0.15, -0.1) is 0 Å². The number of Topliss-reactive ketones (excluding diaryl/α,β-unsaturated/α-hetero) is 1. The van der Waals surface area contributed by atoms with Gasteiger partial charge in [0.1, 0.15) is 6.04 Å². The molecule has 2 aromatic rings. The van der Waals surface area contributed by atoms with Crippen molar-refractivity contribution in [3.63, 3.8) is 0 Å². The zero-order valence-corrected chi connectivity index (χ0v) is 24.1. The second kappa shape index (κ2) is 12.0. The molecule has 2 aromatic carbocycles. The third-order valence-corrected chi connectivity index (χ3v) is 12.3. The van der Waals surface area contributed by atoms with E-state index in [1.807, 2.05) is 50.2 Å². The number of hydrogen-bond donors (Lipinski definition) is 0. The lowest BCUT2D eigenvalue weighted by Crippen LogP contribution is -2.70. The monoisotopic (exact) mass is 534 g/mol. The Bertz CT molecular complexity index is 1150. The Labute approximate surface area is 226 Å². The molecule has 0 radical (unpaired) electrons. The van der Waals surface area contributed by atoms with Gasteiger partial charge in [0.05, 0.1) is 6.10 Å². The van der Waals surface area contributed by atoms with Gasteiger partial charge in [-0.05, 0) is 41.2 Å². The van der Waals surface area contributed by atoms with Crippen LogP contribution in [0.25, 0.3) is 10.4 Å². The van der Waals surface area contributed by atoms with Crippen molar-refractivity contribution in [1.82, 2.24) is 4.90 Å². The second-order valence-corrected chi connectivity index (χ2v) is 15.0. The first-order valence-corrected chi connectivity index (χ1v) is 14.9. The lowest BCUT2D eigenvalue weighted by Gasteiger charge is -2.48. The highest BCUT2D eigenvalue weighted by Crippen LogP contribution is 2.42. The van der Waals surface area contributed by atoms with Crippen LogP contribution < -0.4 is 10.4 Å². The Kier molecular flexibility index (Phi) is 9.20. The summed E-state index contributed by atoms with van der Waals surface area (Å²) >= 11 is 0. The SMILES string of the molecule is CC[C@@H](O[Si](c1ccccc1)(c1ccccc1)C(C)(C)C)[C@@]1(C)OC(=O)N(C/C=C/CN=[N+]=[N-])[C@@H]1C(C)=O. The van der Waals surface area contributed by atoms with Crippen molar-refractivity contribution in [2.45, 2.75) is 70.7 Å². The number of azide groups is 1. The third-order valence-electron chi connectivity index (χ3n) is 7.25. The minimum Gasteiger partial charge on any atom is -0.438 e. The van der Waals surface area contributed by atoms with Crippen LogP contribution in [0.1, 0.15) is 48.0 Å². The van der Waals surface area contributed by atoms with Crippen LogP contribution in [-0.4, -0.2) is 55.9 Å². The van der Waals surface area contributed by atoms with E-state index in [2.05, 4.69) is 55.1 Å². The maximum atomic E-state index is 13.1. The van der Waals surface area contributed by atoms with E-state index in [0.717, 1.165) is 10.4 Å². The summed E-state index contributed by atoms with van der Waals surface area (Å²) in [6.07, 6.45) is 2.80. The molecule has 202 valence electrons. The highest BCUT2D eigenvalue weighted by Gasteiger charge is 2.60. The fourth-order valence-corrected chi connectivity index (χ4v) is 10.5. The van der Waals surface area contributed by atoms with Crippen molar-refractivity contribution in [2.75, 3.05) is 13.1 Å². The quantitative estimate of drug-likeness (QED) is 0.127. The van der Waals surface area contributed by atoms with E-state index in [9.17, 15) is 9.59 Å². The average Bonchev–Trinajstić information content (AvgIpc) is 3.15. The Morgan fingerprint density at radius 2 is 1.71 bits per heavy atom. The minimum atomic E-state index is -2.98. The maximum absolute atomic E-state index is 13.1. The number of carbonyl (C=O) groups excluding carboxylic acids is 2. The van der Waals surface area contributed by atoms with Gasteiger partial charge in [0.25, 0.3) is 8.32 Å². The molecular formula is C29H38N4O4Si. The van der Waals surface area contributed by atoms with Gasteiger partial charge < -0.3 is 9.16 Å². The van der Waals surface area contributed by atoms with Gasteiger partial charge in [0.2, 0.25) is 0 Å². The lowest BCUT2D eigenvalue weighted by atomic mass is 9.86. The number of nitrogens with zero attached hydrogens (tertiary/aromatic N) is 4. The molecule has 0 N–H and O–H groups in total. The largest absolute Gasteiger partial charge is 0.438 e. The predicted molar refractivity (Wildman–Crippen MR) is 152 cm³/mol. The molecule has 38 heavy (non-hydrogen) atoms. The van der Waals surface area contributed by atoms with Gasteiger partial charge in [-0.25, -0.2) is 4.79 Å². The summed E-state index contributed by atoms with van der Waals surface area (Å²) in [5.74, 6) is -0.175. The van der Waals surface area contributed by atoms with Gasteiger partial charge in [-0.2, -0.15) is 0 Å². The van der Waals surface area contributed by atoms with Crippen molar-refractivity contribution >= 4 is 30.6 Å². The van der Waals surface area contributed by atoms with Crippen LogP contribution in [0.2, 0.25) is 5.04 Å². The first kappa shape index (κ1) is 29.2. The van der Waals surface area contributed by atoms with Crippen molar-refractivity contribution < 1.29 is 18.8 Å². The molecular weight excluding hydrogens is 496 g/mol. The van der Waals surface area contributed by atoms with Gasteiger partial charge in [0, 0.05) is 18.0 Å². The number of hydrogen-bond acceptors (Lipinski definition) is 5. The van der Waals surface area contributed by atoms with Crippen LogP contribution in [0.15, 0.2) is 77.9 Å². The Morgan fingerprint density at radius 1 is 1.16 bits per heavy atom. The maximum Gasteiger partial charge on any atom is 0.411 e. The normalized spacial score (nSPS) is 20.7. The van der Waals surface area contributed by atoms with E-state index in [1.54, 1.807) is 12.2 Å². The van der Waals surface area contributed by atoms with E-state index in [0.29, 0.717) is 6.42 Å². The first-order valence-electron chi connectivity index (χ1n) is 13.0. The van der Waals surface area contributed by atoms with Gasteiger partial charge in [0.15, 0.2) is 11.4 Å². The summed E-state index contributed by atoms with van der Waals surface area (Å²) in [6, 6.07) is 19.7. The molecule has 1 aliphatic rings. The van der Waals surface area contributed by atoms with E-state index < -0.39 is 32.2 Å². The second-order valence-electron chi connectivity index (χ2n) is 10.8. The van der Waals surface area contributed by atoms with Crippen molar-refractivity contribution in [3.8, 4) is 0 Å². The molecule has 0 spiro atoms. The molecule has 1 aliphatic heterocycles. The number of rotatable bonds is 11. The summed E-state index contributed by atoms with van der Waals surface area (Å²) < 4.78 is 13.4. The number of amides is 1. The summed E-state index contributed by atoms with van der Waals surface area (Å²) in [6.45, 7) is 12.2. The number of ether oxygens (including phenoxy) is 1. The zero-order chi connectivity index (χ0) is 28.0. The molecule has 3 rings (SSSR count). The highest BCUT2D eigenvalue weighted by molar-refractivity contribution is 6.99. The predicted octanol–water partition coefficient (Wildman–Crippen LogP) is 5.38. The van der Waals surface area contributed by atoms with Gasteiger partial charge in [-0.3, -0.25) is 9.69 Å². The molecule has 1 heterocycles. The Morgan fingerprint density at radius 3 is 2.16 bits per heavy atom. The van der Waals surface area contributed by atoms with E-state index in [4.69, 9.17) is 14.7 Å². The van der Waals surface area contributed by atoms with Crippen molar-refractivity contribution in [1.29, 1.82) is 0 Å². The van der Waals surface area contributed by atoms with Gasteiger partial charge >= 0.3 is 6.09 Å². The summed E-state index contributed by atoms with van der Waals surface area (Å²) in [5, 5.41) is 5.42. The van der Waals surface area contributed by atoms with Crippen LogP contribution >= 0.6 is 0 Å². The third kappa shape index (κ3) is 5.55. The molecule has 0 unspecified atom stereocenters. The summed E-state index contributed by atoms with van der Waals surface area (Å²) in [7, 11) is -2.98. The fraction of sp³-hybridized carbons (Fsp3) is 0.448. The Hall–Kier alpha value is -3.39. The van der Waals surface area contributed by atoms with Gasteiger partial charge in [-0.1, -0.05) is 106 Å². The topological polar surface area (TPSA) is 105 Å². The summed E-state index contributed by atoms with van der Waals surface area (Å²) in [4.78, 5) is 30.4. The first-order chi connectivity index (χ1) is 18.0. The Balaban J connectivity index is 2.11. The van der Waals surface area contributed by atoms with E-state index in [1.165, 1.54) is 11.8 Å². The zero-order valence-electron chi connectivity index (χ0n) is 23.1. The van der Waals surface area contributed by atoms with Crippen molar-refractivity contribution in [3.05, 3.63) is 83.3 Å². The molecule has 9 heteroatoms. The molecule has 3 atom stereocenters. The van der Waals surface area contributed by atoms with Crippen molar-refractivity contribution in [2.24, 2.45) is 5.11 Å². The molecule has 1 amide bonds. The van der Waals surface area contributed by atoms with Crippen LogP contribution in [0.5, 0.6) is 0 Å². The molecule has 1 fully saturated rings. The molecule has 0 saturated carbocycles. The fourth-order valence-electron chi connectivity index (χ4n) is 5.62. The lowest BCUT2D eigenvalue weighted by molar-refractivity contribution is -0.128. The molecule has 0 aromatic heterocycles. The number of carbonyl (C=O) groups is 2. The number of cyclic esters (lactones) is 1. The molecule has 1 saturated heterocycles. The summed E-state index contributed by atoms with van der Waals surface area (Å²) in [5.41, 5.74) is 7.29. The van der Waals surface area contributed by atoms with E-state index in [-0.39, 0.29) is 23.9 Å². The van der Waals surface area contributed by atoms with Crippen LogP contribution in [0.3, 0.4) is 0 Å².